The van der Waals surface area contributed by atoms with Gasteiger partial charge in [-0.05, 0) is 33.4 Å². The van der Waals surface area contributed by atoms with E-state index in [1.165, 1.54) is 0 Å². The highest BCUT2D eigenvalue weighted by Gasteiger charge is 2.30. The van der Waals surface area contributed by atoms with Crippen LogP contribution in [0.1, 0.15) is 33.1 Å². The summed E-state index contributed by atoms with van der Waals surface area (Å²) >= 11 is 0. The van der Waals surface area contributed by atoms with Gasteiger partial charge in [0.1, 0.15) is 6.04 Å². The predicted octanol–water partition coefficient (Wildman–Crippen LogP) is 1.05. The van der Waals surface area contributed by atoms with Crippen LogP contribution in [0.2, 0.25) is 0 Å². The van der Waals surface area contributed by atoms with Crippen LogP contribution in [-0.4, -0.2) is 42.6 Å². The minimum atomic E-state index is -0.573. The van der Waals surface area contributed by atoms with Gasteiger partial charge in [0.15, 0.2) is 6.23 Å². The zero-order valence-corrected chi connectivity index (χ0v) is 11.4. The van der Waals surface area contributed by atoms with E-state index in [1.54, 1.807) is 6.92 Å². The summed E-state index contributed by atoms with van der Waals surface area (Å²) in [6.07, 6.45) is 1.79. The van der Waals surface area contributed by atoms with Gasteiger partial charge in [-0.1, -0.05) is 13.5 Å². The van der Waals surface area contributed by atoms with Crippen molar-refractivity contribution in [2.45, 2.75) is 45.4 Å². The molecule has 1 fully saturated rings. The van der Waals surface area contributed by atoms with Gasteiger partial charge in [-0.3, -0.25) is 14.5 Å². The molecule has 1 amide bonds. The fourth-order valence-electron chi connectivity index (χ4n) is 1.91. The molecule has 2 unspecified atom stereocenters. The number of hydrogen-bond acceptors (Lipinski definition) is 4. The number of amides is 1. The molecule has 1 rings (SSSR count). The Morgan fingerprint density at radius 1 is 1.56 bits per heavy atom. The Labute approximate surface area is 108 Å². The summed E-state index contributed by atoms with van der Waals surface area (Å²) in [5.74, 6) is -0.543. The number of hydrogen-bond donors (Lipinski definition) is 1. The summed E-state index contributed by atoms with van der Waals surface area (Å²) in [6, 6.07) is -0.180. The number of nitrogens with one attached hydrogen (secondary N) is 1. The lowest BCUT2D eigenvalue weighted by Gasteiger charge is -2.23. The molecule has 1 saturated heterocycles. The molecule has 0 aromatic rings. The van der Waals surface area contributed by atoms with Gasteiger partial charge in [-0.25, -0.2) is 0 Å². The fourth-order valence-corrected chi connectivity index (χ4v) is 1.91. The molecule has 0 radical (unpaired) electrons. The summed E-state index contributed by atoms with van der Waals surface area (Å²) in [5, 5.41) is 2.64. The highest BCUT2D eigenvalue weighted by Crippen LogP contribution is 2.16. The number of likely N-dealkylation sites (N-methyl/N-ethyl adjacent to an activating group) is 1. The Balaban J connectivity index is 2.49. The van der Waals surface area contributed by atoms with Gasteiger partial charge in [-0.15, -0.1) is 0 Å². The average Bonchev–Trinajstić information content (AvgIpc) is 2.74. The molecular formula is C13H22N2O3. The van der Waals surface area contributed by atoms with Gasteiger partial charge < -0.3 is 10.1 Å². The van der Waals surface area contributed by atoms with E-state index in [2.05, 4.69) is 11.9 Å². The Bertz CT molecular complexity index is 341. The molecule has 2 atom stereocenters. The molecule has 0 aromatic carbocycles. The number of carbonyl (C=O) groups excluding carboxylic acids is 2. The number of esters is 1. The number of likely N-dealkylation sites (tertiary alicyclic amines) is 1. The minimum absolute atomic E-state index is 0.180. The van der Waals surface area contributed by atoms with Crippen molar-refractivity contribution in [3.05, 3.63) is 12.2 Å². The van der Waals surface area contributed by atoms with E-state index < -0.39 is 6.23 Å². The van der Waals surface area contributed by atoms with Gasteiger partial charge in [-0.2, -0.15) is 0 Å². The fraction of sp³-hybridized carbons (Fsp3) is 0.692. The highest BCUT2D eigenvalue weighted by molar-refractivity contribution is 5.92. The zero-order valence-electron chi connectivity index (χ0n) is 11.4. The zero-order chi connectivity index (χ0) is 13.7. The summed E-state index contributed by atoms with van der Waals surface area (Å²) < 4.78 is 5.32. The number of ether oxygens (including phenoxy) is 1. The minimum Gasteiger partial charge on any atom is -0.441 e. The largest absolute Gasteiger partial charge is 0.441 e. The second-order valence-corrected chi connectivity index (χ2v) is 4.73. The van der Waals surface area contributed by atoms with Crippen molar-refractivity contribution in [2.75, 3.05) is 13.6 Å². The molecule has 1 heterocycles. The Morgan fingerprint density at radius 2 is 2.22 bits per heavy atom. The molecule has 0 bridgehead atoms. The standard InChI is InChI=1S/C13H22N2O3/c1-5-11(14-12(16)9(2)3)18-13(17)10-7-6-8-15(10)4/h10-11H,2,5-8H2,1,3-4H3,(H,14,16). The van der Waals surface area contributed by atoms with E-state index in [4.69, 9.17) is 4.74 Å². The van der Waals surface area contributed by atoms with E-state index in [0.29, 0.717) is 12.0 Å². The SMILES string of the molecule is C=C(C)C(=O)NC(CC)OC(=O)C1CCCN1C. The van der Waals surface area contributed by atoms with Gasteiger partial charge in [0, 0.05) is 12.0 Å². The van der Waals surface area contributed by atoms with E-state index in [1.807, 2.05) is 18.9 Å². The van der Waals surface area contributed by atoms with Crippen LogP contribution in [0.3, 0.4) is 0 Å². The molecule has 1 N–H and O–H groups in total. The Kier molecular flexibility index (Phi) is 5.34. The van der Waals surface area contributed by atoms with Gasteiger partial charge in [0.05, 0.1) is 0 Å². The monoisotopic (exact) mass is 254 g/mol. The van der Waals surface area contributed by atoms with Crippen LogP contribution >= 0.6 is 0 Å². The molecule has 5 nitrogen and oxygen atoms in total. The highest BCUT2D eigenvalue weighted by atomic mass is 16.6. The maximum Gasteiger partial charge on any atom is 0.325 e. The van der Waals surface area contributed by atoms with Crippen molar-refractivity contribution < 1.29 is 14.3 Å². The third-order valence-electron chi connectivity index (χ3n) is 3.10. The van der Waals surface area contributed by atoms with E-state index in [-0.39, 0.29) is 17.9 Å². The van der Waals surface area contributed by atoms with Crippen LogP contribution in [0.5, 0.6) is 0 Å². The second-order valence-electron chi connectivity index (χ2n) is 4.73. The summed E-state index contributed by atoms with van der Waals surface area (Å²) in [6.45, 7) is 7.94. The lowest BCUT2D eigenvalue weighted by atomic mass is 10.2. The molecular weight excluding hydrogens is 232 g/mol. The first-order valence-electron chi connectivity index (χ1n) is 6.32. The van der Waals surface area contributed by atoms with E-state index in [9.17, 15) is 9.59 Å². The third kappa shape index (κ3) is 3.84. The molecule has 1 aliphatic rings. The molecule has 5 heteroatoms. The van der Waals surface area contributed by atoms with Gasteiger partial charge >= 0.3 is 5.97 Å². The molecule has 1 aliphatic heterocycles. The van der Waals surface area contributed by atoms with Crippen LogP contribution in [0.15, 0.2) is 12.2 Å². The lowest BCUT2D eigenvalue weighted by molar-refractivity contribution is -0.156. The molecule has 0 aliphatic carbocycles. The van der Waals surface area contributed by atoms with Gasteiger partial charge in [0.25, 0.3) is 0 Å². The third-order valence-corrected chi connectivity index (χ3v) is 3.10. The second kappa shape index (κ2) is 6.54. The molecule has 0 spiro atoms. The summed E-state index contributed by atoms with van der Waals surface area (Å²) in [7, 11) is 1.91. The van der Waals surface area contributed by atoms with Crippen LogP contribution in [-0.2, 0) is 14.3 Å². The van der Waals surface area contributed by atoms with E-state index >= 15 is 0 Å². The van der Waals surface area contributed by atoms with Crippen LogP contribution in [0.4, 0.5) is 0 Å². The first-order chi connectivity index (χ1) is 8.45. The molecule has 0 aromatic heterocycles. The van der Waals surface area contributed by atoms with Crippen LogP contribution in [0, 0.1) is 0 Å². The first kappa shape index (κ1) is 14.7. The normalized spacial score (nSPS) is 21.4. The van der Waals surface area contributed by atoms with Crippen molar-refractivity contribution in [2.24, 2.45) is 0 Å². The lowest BCUT2D eigenvalue weighted by Crippen LogP contribution is -2.42. The van der Waals surface area contributed by atoms with Crippen molar-refractivity contribution in [1.29, 1.82) is 0 Å². The van der Waals surface area contributed by atoms with Crippen molar-refractivity contribution in [1.82, 2.24) is 10.2 Å². The van der Waals surface area contributed by atoms with Gasteiger partial charge in [0.2, 0.25) is 5.91 Å². The maximum atomic E-state index is 11.9. The molecule has 18 heavy (non-hydrogen) atoms. The number of nitrogens with zero attached hydrogens (tertiary/aromatic N) is 1. The summed E-state index contributed by atoms with van der Waals surface area (Å²) in [4.78, 5) is 25.4. The van der Waals surface area contributed by atoms with E-state index in [0.717, 1.165) is 19.4 Å². The quantitative estimate of drug-likeness (QED) is 0.452. The molecule has 0 saturated carbocycles. The average molecular weight is 254 g/mol. The molecule has 102 valence electrons. The smallest absolute Gasteiger partial charge is 0.325 e. The van der Waals surface area contributed by atoms with Crippen LogP contribution < -0.4 is 5.32 Å². The van der Waals surface area contributed by atoms with Crippen LogP contribution in [0.25, 0.3) is 0 Å². The first-order valence-corrected chi connectivity index (χ1v) is 6.32. The topological polar surface area (TPSA) is 58.6 Å². The number of rotatable bonds is 5. The Morgan fingerprint density at radius 3 is 2.67 bits per heavy atom. The summed E-state index contributed by atoms with van der Waals surface area (Å²) in [5.41, 5.74) is 0.405. The number of carbonyl (C=O) groups is 2. The van der Waals surface area contributed by atoms with Crippen molar-refractivity contribution in [3.8, 4) is 0 Å². The predicted molar refractivity (Wildman–Crippen MR) is 68.8 cm³/mol. The Hall–Kier alpha value is -1.36. The maximum absolute atomic E-state index is 11.9. The van der Waals surface area contributed by atoms with Crippen molar-refractivity contribution >= 4 is 11.9 Å². The van der Waals surface area contributed by atoms with Crippen molar-refractivity contribution in [3.63, 3.8) is 0 Å².